The first-order chi connectivity index (χ1) is 11.8. The number of carbonyl (C=O) groups excluding carboxylic acids is 1. The molecule has 8 heteroatoms. The molecule has 0 saturated carbocycles. The van der Waals surface area contributed by atoms with Gasteiger partial charge in [-0.1, -0.05) is 29.3 Å². The number of benzene rings is 1. The van der Waals surface area contributed by atoms with E-state index >= 15 is 0 Å². The Morgan fingerprint density at radius 1 is 1.28 bits per heavy atom. The van der Waals surface area contributed by atoms with Crippen molar-refractivity contribution >= 4 is 40.1 Å². The van der Waals surface area contributed by atoms with E-state index in [4.69, 9.17) is 37.8 Å². The second-order valence-corrected chi connectivity index (χ2v) is 6.16. The van der Waals surface area contributed by atoms with E-state index in [9.17, 15) is 9.59 Å². The topological polar surface area (TPSA) is 96.2 Å². The Morgan fingerprint density at radius 3 is 2.64 bits per heavy atom. The summed E-state index contributed by atoms with van der Waals surface area (Å²) in [6.45, 7) is 1.68. The minimum Gasteiger partial charge on any atom is -0.465 e. The molecular weight excluding hydrogens is 367 g/mol. The van der Waals surface area contributed by atoms with Gasteiger partial charge in [0.1, 0.15) is 11.1 Å². The van der Waals surface area contributed by atoms with Crippen molar-refractivity contribution in [2.24, 2.45) is 0 Å². The molecule has 0 spiro atoms. The summed E-state index contributed by atoms with van der Waals surface area (Å²) in [7, 11) is 1.18. The third kappa shape index (κ3) is 2.94. The molecule has 3 aromatic rings. The molecular formula is C17H12Cl2N2O4. The minimum absolute atomic E-state index is 0.103. The van der Waals surface area contributed by atoms with Gasteiger partial charge in [-0.3, -0.25) is 10.2 Å². The lowest BCUT2D eigenvalue weighted by atomic mass is 9.97. The van der Waals surface area contributed by atoms with Gasteiger partial charge in [0.25, 0.3) is 5.56 Å². The van der Waals surface area contributed by atoms with Crippen LogP contribution in [0.1, 0.15) is 16.1 Å². The number of fused-ring (bicyclic) bond motifs is 1. The van der Waals surface area contributed by atoms with E-state index in [1.807, 2.05) is 0 Å². The number of halogens is 2. The highest BCUT2D eigenvalue weighted by atomic mass is 35.5. The Morgan fingerprint density at radius 2 is 2.00 bits per heavy atom. The number of methoxy groups -OCH3 is 1. The Bertz CT molecular complexity index is 1130. The molecule has 0 radical (unpaired) electrons. The molecule has 128 valence electrons. The molecule has 2 aromatic heterocycles. The van der Waals surface area contributed by atoms with Crippen molar-refractivity contribution in [2.75, 3.05) is 7.11 Å². The summed E-state index contributed by atoms with van der Waals surface area (Å²) in [5, 5.41) is 8.81. The quantitative estimate of drug-likeness (QED) is 0.664. The average Bonchev–Trinajstić information content (AvgIpc) is 2.52. The van der Waals surface area contributed by atoms with Gasteiger partial charge in [0.05, 0.1) is 12.5 Å². The number of ether oxygens (including phenoxy) is 1. The van der Waals surface area contributed by atoms with Crippen LogP contribution >= 0.6 is 23.2 Å². The number of hydrogen-bond acceptors (Lipinski definition) is 5. The molecule has 1 aromatic carbocycles. The van der Waals surface area contributed by atoms with E-state index < -0.39 is 17.1 Å². The number of pyridine rings is 1. The van der Waals surface area contributed by atoms with Gasteiger partial charge >= 0.3 is 5.97 Å². The first kappa shape index (κ1) is 17.3. The molecule has 0 saturated heterocycles. The Balaban J connectivity index is 2.59. The smallest absolute Gasteiger partial charge is 0.344 e. The third-order valence-electron chi connectivity index (χ3n) is 3.66. The maximum absolute atomic E-state index is 12.5. The van der Waals surface area contributed by atoms with Crippen LogP contribution in [0, 0.1) is 12.3 Å². The number of aryl methyl sites for hydroxylation is 1. The fourth-order valence-electron chi connectivity index (χ4n) is 2.63. The zero-order valence-electron chi connectivity index (χ0n) is 13.2. The minimum atomic E-state index is -0.809. The van der Waals surface area contributed by atoms with Crippen LogP contribution in [-0.4, -0.2) is 18.1 Å². The molecule has 0 amide bonds. The lowest BCUT2D eigenvalue weighted by Crippen LogP contribution is -2.21. The molecule has 2 N–H and O–H groups in total. The summed E-state index contributed by atoms with van der Waals surface area (Å²) in [5.41, 5.74) is 0.180. The summed E-state index contributed by atoms with van der Waals surface area (Å²) < 4.78 is 10.1. The summed E-state index contributed by atoms with van der Waals surface area (Å²) in [5.74, 6) is -0.809. The second-order valence-electron chi connectivity index (χ2n) is 5.32. The first-order valence-corrected chi connectivity index (χ1v) is 7.88. The van der Waals surface area contributed by atoms with Crippen molar-refractivity contribution in [3.8, 4) is 11.1 Å². The zero-order valence-corrected chi connectivity index (χ0v) is 14.7. The third-order valence-corrected chi connectivity index (χ3v) is 4.21. The predicted octanol–water partition coefficient (Wildman–Crippen LogP) is 3.67. The molecule has 25 heavy (non-hydrogen) atoms. The highest BCUT2D eigenvalue weighted by Gasteiger charge is 2.24. The van der Waals surface area contributed by atoms with Gasteiger partial charge in [-0.05, 0) is 19.1 Å². The molecule has 0 aliphatic rings. The molecule has 0 aliphatic heterocycles. The van der Waals surface area contributed by atoms with Gasteiger partial charge in [-0.2, -0.15) is 0 Å². The fraction of sp³-hybridized carbons (Fsp3) is 0.118. The van der Waals surface area contributed by atoms with Crippen molar-refractivity contribution < 1.29 is 13.9 Å². The van der Waals surface area contributed by atoms with E-state index in [-0.39, 0.29) is 27.1 Å². The number of H-pyrrole nitrogens is 1. The van der Waals surface area contributed by atoms with Gasteiger partial charge in [0.2, 0.25) is 5.55 Å². The van der Waals surface area contributed by atoms with Gasteiger partial charge in [0.15, 0.2) is 0 Å². The number of rotatable bonds is 2. The predicted molar refractivity (Wildman–Crippen MR) is 94.2 cm³/mol. The number of aromatic nitrogens is 1. The second kappa shape index (κ2) is 6.38. The summed E-state index contributed by atoms with van der Waals surface area (Å²) in [6.07, 6.45) is 0. The average molecular weight is 379 g/mol. The number of esters is 1. The van der Waals surface area contributed by atoms with Crippen LogP contribution < -0.4 is 11.1 Å². The summed E-state index contributed by atoms with van der Waals surface area (Å²) in [6, 6.07) is 6.21. The van der Waals surface area contributed by atoms with E-state index in [0.29, 0.717) is 16.3 Å². The first-order valence-electron chi connectivity index (χ1n) is 7.12. The number of hydrogen-bond donors (Lipinski definition) is 2. The number of carbonyl (C=O) groups is 1. The fourth-order valence-corrected chi connectivity index (χ4v) is 3.14. The van der Waals surface area contributed by atoms with E-state index in [1.165, 1.54) is 13.2 Å². The normalized spacial score (nSPS) is 10.9. The molecule has 6 nitrogen and oxygen atoms in total. The molecule has 0 aliphatic carbocycles. The van der Waals surface area contributed by atoms with Crippen molar-refractivity contribution in [2.45, 2.75) is 6.92 Å². The maximum Gasteiger partial charge on any atom is 0.344 e. The van der Waals surface area contributed by atoms with Crippen molar-refractivity contribution in [1.82, 2.24) is 4.98 Å². The highest BCUT2D eigenvalue weighted by molar-refractivity contribution is 6.37. The van der Waals surface area contributed by atoms with E-state index in [0.717, 1.165) is 0 Å². The summed E-state index contributed by atoms with van der Waals surface area (Å²) >= 11 is 12.2. The molecule has 0 atom stereocenters. The lowest BCUT2D eigenvalue weighted by Gasteiger charge is -2.13. The number of aromatic amines is 1. The van der Waals surface area contributed by atoms with Crippen LogP contribution in [-0.2, 0) is 4.74 Å². The van der Waals surface area contributed by atoms with Crippen LogP contribution in [0.25, 0.3) is 22.1 Å². The zero-order chi connectivity index (χ0) is 18.3. The van der Waals surface area contributed by atoms with Crippen molar-refractivity contribution in [3.05, 3.63) is 61.5 Å². The SMILES string of the molecule is COC(=O)c1c(-c2ccc(Cl)cc2Cl)c2c(=O)[nH]c(C)cc2oc1=N. The van der Waals surface area contributed by atoms with Gasteiger partial charge in [-0.15, -0.1) is 0 Å². The van der Waals surface area contributed by atoms with Crippen LogP contribution in [0.15, 0.2) is 33.5 Å². The van der Waals surface area contributed by atoms with Gasteiger partial charge in [0, 0.05) is 32.9 Å². The monoisotopic (exact) mass is 378 g/mol. The summed E-state index contributed by atoms with van der Waals surface area (Å²) in [4.78, 5) is 27.5. The van der Waals surface area contributed by atoms with E-state index in [2.05, 4.69) is 4.98 Å². The molecule has 3 rings (SSSR count). The van der Waals surface area contributed by atoms with Crippen LogP contribution in [0.3, 0.4) is 0 Å². The van der Waals surface area contributed by atoms with Gasteiger partial charge < -0.3 is 14.1 Å². The lowest BCUT2D eigenvalue weighted by molar-refractivity contribution is 0.0596. The maximum atomic E-state index is 12.5. The Labute approximate surface area is 151 Å². The Hall–Kier alpha value is -2.57. The molecule has 2 heterocycles. The van der Waals surface area contributed by atoms with Crippen LogP contribution in [0.2, 0.25) is 10.0 Å². The highest BCUT2D eigenvalue weighted by Crippen LogP contribution is 2.35. The van der Waals surface area contributed by atoms with E-state index in [1.54, 1.807) is 25.1 Å². The largest absolute Gasteiger partial charge is 0.465 e. The molecule has 0 unspecified atom stereocenters. The molecule has 0 fully saturated rings. The standard InChI is InChI=1S/C17H12Cl2N2O4/c1-7-5-11-13(16(22)21-7)12(9-4-3-8(18)6-10(9)19)14(15(20)25-11)17(23)24-2/h3-6,20H,1-2H3,(H,21,22). The number of nitrogens with one attached hydrogen (secondary N) is 2. The molecule has 0 bridgehead atoms. The van der Waals surface area contributed by atoms with Crippen molar-refractivity contribution in [1.29, 1.82) is 5.41 Å². The van der Waals surface area contributed by atoms with Crippen molar-refractivity contribution in [3.63, 3.8) is 0 Å². The van der Waals surface area contributed by atoms with Crippen LogP contribution in [0.4, 0.5) is 0 Å². The van der Waals surface area contributed by atoms with Gasteiger partial charge in [-0.25, -0.2) is 4.79 Å². The van der Waals surface area contributed by atoms with Crippen LogP contribution in [0.5, 0.6) is 0 Å². The Kier molecular flexibility index (Phi) is 4.41.